The third-order valence-electron chi connectivity index (χ3n) is 2.68. The van der Waals surface area contributed by atoms with Crippen LogP contribution >= 0.6 is 23.4 Å². The molecule has 0 amide bonds. The number of thioether (sulfide) groups is 1. The fourth-order valence-electron chi connectivity index (χ4n) is 1.63. The van der Waals surface area contributed by atoms with Gasteiger partial charge in [0.25, 0.3) is 0 Å². The van der Waals surface area contributed by atoms with Crippen molar-refractivity contribution in [2.24, 2.45) is 0 Å². The van der Waals surface area contributed by atoms with Crippen molar-refractivity contribution in [2.75, 3.05) is 0 Å². The molecule has 18 heavy (non-hydrogen) atoms. The van der Waals surface area contributed by atoms with Gasteiger partial charge in [-0.05, 0) is 30.2 Å². The summed E-state index contributed by atoms with van der Waals surface area (Å²) >= 11 is 7.91. The molecule has 2 aromatic carbocycles. The second kappa shape index (κ2) is 6.28. The molecule has 0 fully saturated rings. The highest BCUT2D eigenvalue weighted by Crippen LogP contribution is 2.31. The largest absolute Gasteiger partial charge is 0.389 e. The normalized spacial score (nSPS) is 12.4. The van der Waals surface area contributed by atoms with E-state index in [0.29, 0.717) is 5.02 Å². The van der Waals surface area contributed by atoms with Crippen molar-refractivity contribution in [3.05, 3.63) is 64.7 Å². The Hall–Kier alpha value is -0.960. The summed E-state index contributed by atoms with van der Waals surface area (Å²) in [5.74, 6) is 0.897. The smallest absolute Gasteiger partial charge is 0.0762 e. The Bertz CT molecular complexity index is 511. The first-order valence-electron chi connectivity index (χ1n) is 5.81. The maximum atomic E-state index is 9.48. The Balaban J connectivity index is 2.06. The Morgan fingerprint density at radius 3 is 2.50 bits per heavy atom. The van der Waals surface area contributed by atoms with Gasteiger partial charge in [0, 0.05) is 10.6 Å². The van der Waals surface area contributed by atoms with Gasteiger partial charge in [-0.3, -0.25) is 0 Å². The van der Waals surface area contributed by atoms with E-state index in [1.165, 1.54) is 5.56 Å². The van der Waals surface area contributed by atoms with Crippen LogP contribution in [0, 0.1) is 0 Å². The van der Waals surface area contributed by atoms with Crippen LogP contribution in [0.3, 0.4) is 0 Å². The number of rotatable bonds is 4. The first-order chi connectivity index (χ1) is 8.66. The van der Waals surface area contributed by atoms with Crippen LogP contribution in [0.4, 0.5) is 0 Å². The van der Waals surface area contributed by atoms with E-state index < -0.39 is 6.10 Å². The molecule has 0 aliphatic rings. The molecule has 1 nitrogen and oxygen atoms in total. The van der Waals surface area contributed by atoms with Crippen molar-refractivity contribution < 1.29 is 5.11 Å². The second-order valence-electron chi connectivity index (χ2n) is 4.14. The summed E-state index contributed by atoms with van der Waals surface area (Å²) in [5, 5.41) is 10.2. The average Bonchev–Trinajstić information content (AvgIpc) is 2.38. The van der Waals surface area contributed by atoms with Crippen LogP contribution in [0.15, 0.2) is 53.4 Å². The molecule has 0 spiro atoms. The average molecular weight is 279 g/mol. The number of halogens is 1. The van der Waals surface area contributed by atoms with E-state index in [1.54, 1.807) is 18.7 Å². The van der Waals surface area contributed by atoms with Gasteiger partial charge in [-0.15, -0.1) is 11.8 Å². The van der Waals surface area contributed by atoms with E-state index in [0.717, 1.165) is 16.2 Å². The molecule has 0 radical (unpaired) electrons. The molecule has 0 heterocycles. The number of hydrogen-bond donors (Lipinski definition) is 1. The monoisotopic (exact) mass is 278 g/mol. The Kier molecular flexibility index (Phi) is 4.70. The van der Waals surface area contributed by atoms with Gasteiger partial charge in [-0.2, -0.15) is 0 Å². The third-order valence-corrected chi connectivity index (χ3v) is 4.24. The molecule has 0 saturated carbocycles. The SMILES string of the molecule is CC(O)c1ccc(SCc2ccccc2)c(Cl)c1. The van der Waals surface area contributed by atoms with Gasteiger partial charge < -0.3 is 5.11 Å². The zero-order valence-electron chi connectivity index (χ0n) is 10.1. The Labute approximate surface area is 117 Å². The summed E-state index contributed by atoms with van der Waals surface area (Å²) in [5.41, 5.74) is 2.13. The molecule has 0 aromatic heterocycles. The number of benzene rings is 2. The molecule has 1 unspecified atom stereocenters. The second-order valence-corrected chi connectivity index (χ2v) is 5.56. The summed E-state index contributed by atoms with van der Waals surface area (Å²) in [7, 11) is 0. The van der Waals surface area contributed by atoms with Crippen LogP contribution in [0.25, 0.3) is 0 Å². The third kappa shape index (κ3) is 3.52. The van der Waals surface area contributed by atoms with E-state index in [4.69, 9.17) is 11.6 Å². The highest BCUT2D eigenvalue weighted by Gasteiger charge is 2.06. The minimum atomic E-state index is -0.476. The molecule has 0 aliphatic carbocycles. The lowest BCUT2D eigenvalue weighted by atomic mass is 10.1. The molecule has 1 atom stereocenters. The van der Waals surface area contributed by atoms with Gasteiger partial charge in [-0.25, -0.2) is 0 Å². The van der Waals surface area contributed by atoms with Crippen LogP contribution in [0.2, 0.25) is 5.02 Å². The first kappa shape index (κ1) is 13.5. The predicted molar refractivity (Wildman–Crippen MR) is 78.1 cm³/mol. The number of aliphatic hydroxyl groups is 1. The van der Waals surface area contributed by atoms with Crippen molar-refractivity contribution in [2.45, 2.75) is 23.7 Å². The van der Waals surface area contributed by atoms with E-state index in [-0.39, 0.29) is 0 Å². The van der Waals surface area contributed by atoms with Crippen LogP contribution in [-0.2, 0) is 5.75 Å². The highest BCUT2D eigenvalue weighted by atomic mass is 35.5. The van der Waals surface area contributed by atoms with E-state index in [1.807, 2.05) is 36.4 Å². The summed E-state index contributed by atoms with van der Waals surface area (Å²) in [6.45, 7) is 1.74. The summed E-state index contributed by atoms with van der Waals surface area (Å²) in [6.07, 6.45) is -0.476. The van der Waals surface area contributed by atoms with Gasteiger partial charge in [0.05, 0.1) is 11.1 Å². The molecule has 2 rings (SSSR count). The quantitative estimate of drug-likeness (QED) is 0.819. The zero-order valence-corrected chi connectivity index (χ0v) is 11.7. The van der Waals surface area contributed by atoms with E-state index in [9.17, 15) is 5.11 Å². The molecule has 0 saturated heterocycles. The van der Waals surface area contributed by atoms with Crippen molar-refractivity contribution >= 4 is 23.4 Å². The maximum absolute atomic E-state index is 9.48. The van der Waals surface area contributed by atoms with E-state index in [2.05, 4.69) is 12.1 Å². The topological polar surface area (TPSA) is 20.2 Å². The van der Waals surface area contributed by atoms with Crippen LogP contribution in [-0.4, -0.2) is 5.11 Å². The molecule has 3 heteroatoms. The molecule has 94 valence electrons. The summed E-state index contributed by atoms with van der Waals surface area (Å²) in [6, 6.07) is 16.0. The highest BCUT2D eigenvalue weighted by molar-refractivity contribution is 7.98. The fourth-order valence-corrected chi connectivity index (χ4v) is 2.86. The number of hydrogen-bond acceptors (Lipinski definition) is 2. The standard InChI is InChI=1S/C15H15ClOS/c1-11(17)13-7-8-15(14(16)9-13)18-10-12-5-3-2-4-6-12/h2-9,11,17H,10H2,1H3. The number of aliphatic hydroxyl groups excluding tert-OH is 1. The first-order valence-corrected chi connectivity index (χ1v) is 7.17. The van der Waals surface area contributed by atoms with E-state index >= 15 is 0 Å². The van der Waals surface area contributed by atoms with Crippen molar-refractivity contribution in [1.82, 2.24) is 0 Å². The van der Waals surface area contributed by atoms with Gasteiger partial charge in [0.15, 0.2) is 0 Å². The lowest BCUT2D eigenvalue weighted by Crippen LogP contribution is -1.91. The van der Waals surface area contributed by atoms with Crippen LogP contribution < -0.4 is 0 Å². The Morgan fingerprint density at radius 2 is 1.89 bits per heavy atom. The van der Waals surface area contributed by atoms with Gasteiger partial charge in [0.1, 0.15) is 0 Å². The molecule has 0 bridgehead atoms. The predicted octanol–water partition coefficient (Wildman–Crippen LogP) is 4.69. The molecular weight excluding hydrogens is 264 g/mol. The minimum absolute atomic E-state index is 0.476. The van der Waals surface area contributed by atoms with Crippen molar-refractivity contribution in [1.29, 1.82) is 0 Å². The molecule has 2 aromatic rings. The van der Waals surface area contributed by atoms with Crippen molar-refractivity contribution in [3.8, 4) is 0 Å². The maximum Gasteiger partial charge on any atom is 0.0762 e. The van der Waals surface area contributed by atoms with Gasteiger partial charge in [0.2, 0.25) is 0 Å². The minimum Gasteiger partial charge on any atom is -0.389 e. The fraction of sp³-hybridized carbons (Fsp3) is 0.200. The van der Waals surface area contributed by atoms with Crippen LogP contribution in [0.1, 0.15) is 24.2 Å². The van der Waals surface area contributed by atoms with Gasteiger partial charge >= 0.3 is 0 Å². The zero-order chi connectivity index (χ0) is 13.0. The molecule has 0 aliphatic heterocycles. The summed E-state index contributed by atoms with van der Waals surface area (Å²) < 4.78 is 0. The summed E-state index contributed by atoms with van der Waals surface area (Å²) in [4.78, 5) is 1.05. The van der Waals surface area contributed by atoms with Gasteiger partial charge in [-0.1, -0.05) is 48.0 Å². The lowest BCUT2D eigenvalue weighted by molar-refractivity contribution is 0.199. The Morgan fingerprint density at radius 1 is 1.17 bits per heavy atom. The van der Waals surface area contributed by atoms with Crippen LogP contribution in [0.5, 0.6) is 0 Å². The lowest BCUT2D eigenvalue weighted by Gasteiger charge is -2.09. The van der Waals surface area contributed by atoms with Crippen molar-refractivity contribution in [3.63, 3.8) is 0 Å². The molecular formula is C15H15ClOS. The molecule has 1 N–H and O–H groups in total.